The van der Waals surface area contributed by atoms with Gasteiger partial charge in [-0.1, -0.05) is 12.1 Å². The third kappa shape index (κ3) is 3.72. The van der Waals surface area contributed by atoms with Gasteiger partial charge in [-0.25, -0.2) is 9.48 Å². The predicted octanol–water partition coefficient (Wildman–Crippen LogP) is 1.69. The molecule has 0 spiro atoms. The molecule has 1 aliphatic carbocycles. The van der Waals surface area contributed by atoms with Crippen molar-refractivity contribution in [3.63, 3.8) is 0 Å². The van der Waals surface area contributed by atoms with Crippen molar-refractivity contribution in [1.82, 2.24) is 25.3 Å². The number of amides is 5. The minimum atomic E-state index is -0.638. The molecule has 166 valence electrons. The van der Waals surface area contributed by atoms with Crippen molar-refractivity contribution < 1.29 is 19.2 Å². The first kappa shape index (κ1) is 20.2. The molecule has 1 unspecified atom stereocenters. The predicted molar refractivity (Wildman–Crippen MR) is 113 cm³/mol. The van der Waals surface area contributed by atoms with E-state index in [1.807, 2.05) is 16.8 Å². The Balaban J connectivity index is 1.20. The summed E-state index contributed by atoms with van der Waals surface area (Å²) in [5, 5.41) is 12.2. The summed E-state index contributed by atoms with van der Waals surface area (Å²) in [7, 11) is 0. The SMILES string of the molecule is O=C1CCC(N2Cc3ccc(CNC(=O)Nc4ccnn4C4CCC4)cc3C2=O)C(=O)N1. The highest BCUT2D eigenvalue weighted by Crippen LogP contribution is 2.33. The standard InChI is InChI=1S/C22H24N6O4/c29-19-7-6-17(20(30)26-19)27-12-14-5-4-13(10-16(14)21(27)31)11-23-22(32)25-18-8-9-24-28(18)15-2-1-3-15/h4-5,8-10,15,17H,1-3,6-7,11-12H2,(H2,23,25,32)(H,26,29,30). The average molecular weight is 436 g/mol. The zero-order valence-electron chi connectivity index (χ0n) is 17.5. The second-order valence-corrected chi connectivity index (χ2v) is 8.44. The molecule has 5 amide bonds. The second kappa shape index (κ2) is 8.10. The Bertz CT molecular complexity index is 1110. The van der Waals surface area contributed by atoms with E-state index in [0.717, 1.165) is 24.0 Å². The summed E-state index contributed by atoms with van der Waals surface area (Å²) >= 11 is 0. The quantitative estimate of drug-likeness (QED) is 0.615. The summed E-state index contributed by atoms with van der Waals surface area (Å²) < 4.78 is 1.85. The number of nitrogens with one attached hydrogen (secondary N) is 3. The van der Waals surface area contributed by atoms with E-state index < -0.39 is 11.9 Å². The van der Waals surface area contributed by atoms with Gasteiger partial charge in [0.1, 0.15) is 11.9 Å². The number of carbonyl (C=O) groups excluding carboxylic acids is 4. The van der Waals surface area contributed by atoms with Gasteiger partial charge in [0.25, 0.3) is 5.91 Å². The molecule has 5 rings (SSSR count). The van der Waals surface area contributed by atoms with Gasteiger partial charge in [-0.05, 0) is 42.9 Å². The first-order valence-electron chi connectivity index (χ1n) is 10.8. The zero-order valence-corrected chi connectivity index (χ0v) is 17.5. The monoisotopic (exact) mass is 436 g/mol. The van der Waals surface area contributed by atoms with Gasteiger partial charge in [0.2, 0.25) is 11.8 Å². The van der Waals surface area contributed by atoms with Crippen LogP contribution < -0.4 is 16.0 Å². The summed E-state index contributed by atoms with van der Waals surface area (Å²) in [5.74, 6) is -0.304. The molecule has 10 nitrogen and oxygen atoms in total. The van der Waals surface area contributed by atoms with Gasteiger partial charge in [-0.2, -0.15) is 5.10 Å². The van der Waals surface area contributed by atoms with E-state index in [1.165, 1.54) is 11.3 Å². The number of urea groups is 1. The fourth-order valence-electron chi connectivity index (χ4n) is 4.39. The molecule has 10 heteroatoms. The highest BCUT2D eigenvalue weighted by Gasteiger charge is 2.39. The molecule has 2 fully saturated rings. The summed E-state index contributed by atoms with van der Waals surface area (Å²) in [6, 6.07) is 6.59. The molecule has 1 atom stereocenters. The molecule has 1 saturated heterocycles. The number of imide groups is 1. The number of hydrogen-bond acceptors (Lipinski definition) is 5. The number of carbonyl (C=O) groups is 4. The number of fused-ring (bicyclic) bond motifs is 1. The third-order valence-electron chi connectivity index (χ3n) is 6.38. The van der Waals surface area contributed by atoms with Crippen molar-refractivity contribution in [2.75, 3.05) is 5.32 Å². The lowest BCUT2D eigenvalue weighted by Crippen LogP contribution is -2.52. The van der Waals surface area contributed by atoms with Gasteiger partial charge in [-0.3, -0.25) is 25.0 Å². The smallest absolute Gasteiger partial charge is 0.320 e. The maximum atomic E-state index is 12.9. The molecule has 0 radical (unpaired) electrons. The lowest BCUT2D eigenvalue weighted by atomic mass is 9.93. The molecule has 1 saturated carbocycles. The molecule has 2 aromatic rings. The maximum absolute atomic E-state index is 12.9. The van der Waals surface area contributed by atoms with E-state index in [9.17, 15) is 19.2 Å². The van der Waals surface area contributed by atoms with Crippen LogP contribution in [0.2, 0.25) is 0 Å². The lowest BCUT2D eigenvalue weighted by Gasteiger charge is -2.29. The molecule has 1 aromatic carbocycles. The van der Waals surface area contributed by atoms with Gasteiger partial charge in [0.05, 0.1) is 12.2 Å². The lowest BCUT2D eigenvalue weighted by molar-refractivity contribution is -0.136. The maximum Gasteiger partial charge on any atom is 0.320 e. The molecular formula is C22H24N6O4. The molecule has 1 aromatic heterocycles. The fraction of sp³-hybridized carbons (Fsp3) is 0.409. The van der Waals surface area contributed by atoms with Crippen LogP contribution in [0.3, 0.4) is 0 Å². The summed E-state index contributed by atoms with van der Waals surface area (Å²) in [5.41, 5.74) is 2.14. The third-order valence-corrected chi connectivity index (χ3v) is 6.38. The van der Waals surface area contributed by atoms with Crippen LogP contribution in [0.25, 0.3) is 0 Å². The Labute approximate surface area is 184 Å². The van der Waals surface area contributed by atoms with Crippen molar-refractivity contribution in [1.29, 1.82) is 0 Å². The molecule has 3 aliphatic rings. The summed E-state index contributed by atoms with van der Waals surface area (Å²) in [6.07, 6.45) is 5.54. The van der Waals surface area contributed by atoms with Crippen molar-refractivity contribution in [2.24, 2.45) is 0 Å². The molecule has 2 aliphatic heterocycles. The summed E-state index contributed by atoms with van der Waals surface area (Å²) in [4.78, 5) is 50.4. The topological polar surface area (TPSA) is 125 Å². The van der Waals surface area contributed by atoms with Crippen LogP contribution in [0.5, 0.6) is 0 Å². The van der Waals surface area contributed by atoms with E-state index in [-0.39, 0.29) is 30.8 Å². The van der Waals surface area contributed by atoms with Gasteiger partial charge in [0.15, 0.2) is 0 Å². The number of piperidine rings is 1. The Hall–Kier alpha value is -3.69. The van der Waals surface area contributed by atoms with Crippen molar-refractivity contribution in [3.05, 3.63) is 47.2 Å². The molecule has 0 bridgehead atoms. The first-order chi connectivity index (χ1) is 15.5. The van der Waals surface area contributed by atoms with Crippen LogP contribution in [0, 0.1) is 0 Å². The van der Waals surface area contributed by atoms with Crippen LogP contribution in [0.4, 0.5) is 10.6 Å². The summed E-state index contributed by atoms with van der Waals surface area (Å²) in [6.45, 7) is 0.585. The van der Waals surface area contributed by atoms with Crippen LogP contribution >= 0.6 is 0 Å². The number of rotatable bonds is 5. The highest BCUT2D eigenvalue weighted by atomic mass is 16.2. The molecule has 32 heavy (non-hydrogen) atoms. The van der Waals surface area contributed by atoms with Crippen molar-refractivity contribution in [3.8, 4) is 0 Å². The Kier molecular flexibility index (Phi) is 5.12. The number of benzene rings is 1. The van der Waals surface area contributed by atoms with Crippen LogP contribution in [-0.2, 0) is 22.7 Å². The highest BCUT2D eigenvalue weighted by molar-refractivity contribution is 6.05. The number of anilines is 1. The molecule has 3 heterocycles. The minimum Gasteiger partial charge on any atom is -0.334 e. The number of aromatic nitrogens is 2. The Morgan fingerprint density at radius 2 is 2.00 bits per heavy atom. The van der Waals surface area contributed by atoms with E-state index in [2.05, 4.69) is 21.0 Å². The Morgan fingerprint density at radius 3 is 2.75 bits per heavy atom. The van der Waals surface area contributed by atoms with E-state index in [0.29, 0.717) is 30.4 Å². The van der Waals surface area contributed by atoms with E-state index >= 15 is 0 Å². The first-order valence-corrected chi connectivity index (χ1v) is 10.8. The largest absolute Gasteiger partial charge is 0.334 e. The van der Waals surface area contributed by atoms with Gasteiger partial charge >= 0.3 is 6.03 Å². The van der Waals surface area contributed by atoms with E-state index in [1.54, 1.807) is 18.3 Å². The van der Waals surface area contributed by atoms with Crippen LogP contribution in [0.15, 0.2) is 30.5 Å². The molecular weight excluding hydrogens is 412 g/mol. The van der Waals surface area contributed by atoms with Crippen molar-refractivity contribution >= 4 is 29.6 Å². The van der Waals surface area contributed by atoms with Gasteiger partial charge in [-0.15, -0.1) is 0 Å². The Morgan fingerprint density at radius 1 is 1.16 bits per heavy atom. The fourth-order valence-corrected chi connectivity index (χ4v) is 4.39. The second-order valence-electron chi connectivity index (χ2n) is 8.44. The van der Waals surface area contributed by atoms with Gasteiger partial charge < -0.3 is 10.2 Å². The zero-order chi connectivity index (χ0) is 22.2. The number of nitrogens with zero attached hydrogens (tertiary/aromatic N) is 3. The van der Waals surface area contributed by atoms with Crippen molar-refractivity contribution in [2.45, 2.75) is 57.3 Å². The molecule has 3 N–H and O–H groups in total. The van der Waals surface area contributed by atoms with Crippen LogP contribution in [0.1, 0.15) is 59.6 Å². The average Bonchev–Trinajstić information content (AvgIpc) is 3.30. The van der Waals surface area contributed by atoms with Crippen LogP contribution in [-0.4, -0.2) is 44.5 Å². The minimum absolute atomic E-state index is 0.223. The normalized spacial score (nSPS) is 20.6. The van der Waals surface area contributed by atoms with E-state index in [4.69, 9.17) is 0 Å². The van der Waals surface area contributed by atoms with Gasteiger partial charge in [0, 0.05) is 31.1 Å². The number of hydrogen-bond donors (Lipinski definition) is 3.